The number of fused-ring (bicyclic) bond motifs is 1. The second kappa shape index (κ2) is 8.25. The van der Waals surface area contributed by atoms with Crippen molar-refractivity contribution in [3.8, 4) is 0 Å². The molecule has 29 heavy (non-hydrogen) atoms. The normalized spacial score (nSPS) is 15.7. The lowest BCUT2D eigenvalue weighted by Crippen LogP contribution is -2.31. The molecule has 0 saturated heterocycles. The predicted octanol–water partition coefficient (Wildman–Crippen LogP) is 4.41. The van der Waals surface area contributed by atoms with Crippen LogP contribution in [0.4, 0.5) is 5.82 Å². The number of carbonyl (C=O) groups is 1. The lowest BCUT2D eigenvalue weighted by Gasteiger charge is -2.24. The molecule has 148 valence electrons. The monoisotopic (exact) mass is 405 g/mol. The third kappa shape index (κ3) is 4.27. The number of hydrogen-bond donors (Lipinski definition) is 2. The minimum atomic E-state index is -0.281. The van der Waals surface area contributed by atoms with Gasteiger partial charge in [-0.05, 0) is 30.0 Å². The van der Waals surface area contributed by atoms with Crippen LogP contribution in [0.1, 0.15) is 47.1 Å². The smallest absolute Gasteiger partial charge is 0.257 e. The largest absolute Gasteiger partial charge is 0.310 e. The molecule has 0 fully saturated rings. The molecule has 1 aliphatic heterocycles. The lowest BCUT2D eigenvalue weighted by molar-refractivity contribution is -0.116. The molecular formula is C23H23N3O2S. The van der Waals surface area contributed by atoms with Crippen LogP contribution < -0.4 is 10.9 Å². The number of thioether (sulfide) groups is 1. The summed E-state index contributed by atoms with van der Waals surface area (Å²) in [5.74, 6) is 0.673. The van der Waals surface area contributed by atoms with E-state index in [-0.39, 0.29) is 23.8 Å². The van der Waals surface area contributed by atoms with E-state index < -0.39 is 0 Å². The molecule has 3 aromatic rings. The number of benzene rings is 2. The molecule has 0 bridgehead atoms. The molecule has 0 aliphatic carbocycles. The summed E-state index contributed by atoms with van der Waals surface area (Å²) in [5.41, 5.74) is 4.89. The van der Waals surface area contributed by atoms with Crippen LogP contribution in [-0.4, -0.2) is 15.9 Å². The van der Waals surface area contributed by atoms with E-state index >= 15 is 0 Å². The predicted molar refractivity (Wildman–Crippen MR) is 117 cm³/mol. The number of amides is 1. The van der Waals surface area contributed by atoms with Crippen molar-refractivity contribution in [2.45, 2.75) is 43.5 Å². The van der Waals surface area contributed by atoms with Gasteiger partial charge < -0.3 is 10.3 Å². The van der Waals surface area contributed by atoms with Crippen molar-refractivity contribution in [3.05, 3.63) is 86.7 Å². The van der Waals surface area contributed by atoms with Crippen LogP contribution in [0.5, 0.6) is 0 Å². The van der Waals surface area contributed by atoms with E-state index in [9.17, 15) is 9.59 Å². The third-order valence-electron chi connectivity index (χ3n) is 5.18. The number of rotatable bonds is 5. The molecule has 0 saturated carbocycles. The van der Waals surface area contributed by atoms with Gasteiger partial charge >= 0.3 is 0 Å². The van der Waals surface area contributed by atoms with E-state index in [0.717, 1.165) is 17.5 Å². The van der Waals surface area contributed by atoms with Crippen molar-refractivity contribution in [2.24, 2.45) is 0 Å². The number of nitrogens with zero attached hydrogens (tertiary/aromatic N) is 1. The molecule has 2 heterocycles. The van der Waals surface area contributed by atoms with Crippen molar-refractivity contribution >= 4 is 23.5 Å². The van der Waals surface area contributed by atoms with Crippen molar-refractivity contribution < 1.29 is 4.79 Å². The van der Waals surface area contributed by atoms with Gasteiger partial charge in [-0.3, -0.25) is 9.59 Å². The average molecular weight is 406 g/mol. The van der Waals surface area contributed by atoms with Crippen molar-refractivity contribution in [1.82, 2.24) is 9.97 Å². The Bertz CT molecular complexity index is 1110. The molecule has 0 radical (unpaired) electrons. The van der Waals surface area contributed by atoms with Gasteiger partial charge in [0.05, 0.1) is 5.56 Å². The topological polar surface area (TPSA) is 74.8 Å². The number of H-pyrrole nitrogens is 1. The van der Waals surface area contributed by atoms with Crippen molar-refractivity contribution in [1.29, 1.82) is 0 Å². The summed E-state index contributed by atoms with van der Waals surface area (Å²) in [6.07, 6.45) is 1.20. The third-order valence-corrected chi connectivity index (χ3v) is 6.12. The van der Waals surface area contributed by atoms with Crippen molar-refractivity contribution in [2.75, 3.05) is 5.32 Å². The van der Waals surface area contributed by atoms with Crippen LogP contribution in [0.25, 0.3) is 0 Å². The SMILES string of the molecule is CCc1ccc(C2CC(=O)Nc3nc(SCc4cccc(C)c4)[nH]c(=O)c32)cc1. The molecule has 6 heteroatoms. The Morgan fingerprint density at radius 3 is 2.62 bits per heavy atom. The first kappa shape index (κ1) is 19.5. The van der Waals surface area contributed by atoms with Gasteiger partial charge in [0.15, 0.2) is 5.16 Å². The molecule has 2 aromatic carbocycles. The molecule has 0 spiro atoms. The van der Waals surface area contributed by atoms with Gasteiger partial charge in [-0.1, -0.05) is 72.8 Å². The first-order chi connectivity index (χ1) is 14.0. The zero-order valence-corrected chi connectivity index (χ0v) is 17.3. The second-order valence-corrected chi connectivity index (χ2v) is 8.28. The molecular weight excluding hydrogens is 382 g/mol. The average Bonchev–Trinajstić information content (AvgIpc) is 2.71. The van der Waals surface area contributed by atoms with E-state index in [4.69, 9.17) is 0 Å². The Morgan fingerprint density at radius 2 is 1.90 bits per heavy atom. The number of hydrogen-bond acceptors (Lipinski definition) is 4. The standard InChI is InChI=1S/C23H23N3O2S/c1-3-15-7-9-17(10-8-15)18-12-19(27)24-21-20(18)22(28)26-23(25-21)29-13-16-6-4-5-14(2)11-16/h4-11,18H,3,12-13H2,1-2H3,(H2,24,25,26,27,28). The number of aromatic nitrogens is 2. The fraction of sp³-hybridized carbons (Fsp3) is 0.261. The maximum Gasteiger partial charge on any atom is 0.257 e. The Hall–Kier alpha value is -2.86. The summed E-state index contributed by atoms with van der Waals surface area (Å²) in [5, 5.41) is 3.30. The fourth-order valence-electron chi connectivity index (χ4n) is 3.64. The number of anilines is 1. The van der Waals surface area contributed by atoms with Gasteiger partial charge in [-0.25, -0.2) is 4.98 Å². The Balaban J connectivity index is 1.63. The summed E-state index contributed by atoms with van der Waals surface area (Å²) in [6, 6.07) is 16.3. The highest BCUT2D eigenvalue weighted by molar-refractivity contribution is 7.98. The van der Waals surface area contributed by atoms with Crippen molar-refractivity contribution in [3.63, 3.8) is 0 Å². The maximum atomic E-state index is 12.9. The van der Waals surface area contributed by atoms with E-state index in [2.05, 4.69) is 53.4 Å². The highest BCUT2D eigenvalue weighted by Crippen LogP contribution is 2.34. The minimum Gasteiger partial charge on any atom is -0.310 e. The Morgan fingerprint density at radius 1 is 1.10 bits per heavy atom. The molecule has 1 atom stereocenters. The maximum absolute atomic E-state index is 12.9. The molecule has 1 aliphatic rings. The van der Waals surface area contributed by atoms with E-state index in [1.807, 2.05) is 24.3 Å². The van der Waals surface area contributed by atoms with E-state index in [1.54, 1.807) is 0 Å². The van der Waals surface area contributed by atoms with Crippen LogP contribution >= 0.6 is 11.8 Å². The van der Waals surface area contributed by atoms with Gasteiger partial charge in [-0.2, -0.15) is 0 Å². The zero-order valence-electron chi connectivity index (χ0n) is 16.5. The number of nitrogens with one attached hydrogen (secondary N) is 2. The summed E-state index contributed by atoms with van der Waals surface area (Å²) in [6.45, 7) is 4.15. The molecule has 5 nitrogen and oxygen atoms in total. The minimum absolute atomic E-state index is 0.116. The molecule has 2 N–H and O–H groups in total. The van der Waals surface area contributed by atoms with Gasteiger partial charge in [0, 0.05) is 18.1 Å². The summed E-state index contributed by atoms with van der Waals surface area (Å²) < 4.78 is 0. The number of aryl methyl sites for hydroxylation is 2. The first-order valence-corrected chi connectivity index (χ1v) is 10.7. The van der Waals surface area contributed by atoms with Gasteiger partial charge in [0.1, 0.15) is 5.82 Å². The van der Waals surface area contributed by atoms with Gasteiger partial charge in [-0.15, -0.1) is 0 Å². The molecule has 1 aromatic heterocycles. The zero-order chi connectivity index (χ0) is 20.4. The second-order valence-electron chi connectivity index (χ2n) is 7.31. The fourth-order valence-corrected chi connectivity index (χ4v) is 4.45. The number of aromatic amines is 1. The lowest BCUT2D eigenvalue weighted by atomic mass is 9.86. The first-order valence-electron chi connectivity index (χ1n) is 9.74. The van der Waals surface area contributed by atoms with Crippen LogP contribution in [0.3, 0.4) is 0 Å². The summed E-state index contributed by atoms with van der Waals surface area (Å²) in [7, 11) is 0. The summed E-state index contributed by atoms with van der Waals surface area (Å²) >= 11 is 1.45. The molecule has 1 unspecified atom stereocenters. The van der Waals surface area contributed by atoms with E-state index in [1.165, 1.54) is 22.9 Å². The highest BCUT2D eigenvalue weighted by Gasteiger charge is 2.30. The van der Waals surface area contributed by atoms with Crippen LogP contribution in [0.15, 0.2) is 58.5 Å². The van der Waals surface area contributed by atoms with Gasteiger partial charge in [0.25, 0.3) is 5.56 Å². The molecule has 1 amide bonds. The van der Waals surface area contributed by atoms with Crippen LogP contribution in [0, 0.1) is 6.92 Å². The highest BCUT2D eigenvalue weighted by atomic mass is 32.2. The summed E-state index contributed by atoms with van der Waals surface area (Å²) in [4.78, 5) is 32.7. The quantitative estimate of drug-likeness (QED) is 0.487. The van der Waals surface area contributed by atoms with Gasteiger partial charge in [0.2, 0.25) is 5.91 Å². The Labute approximate surface area is 174 Å². The molecule has 4 rings (SSSR count). The van der Waals surface area contributed by atoms with Crippen LogP contribution in [-0.2, 0) is 17.0 Å². The number of carbonyl (C=O) groups excluding carboxylic acids is 1. The van der Waals surface area contributed by atoms with E-state index in [0.29, 0.717) is 22.3 Å². The Kier molecular flexibility index (Phi) is 5.53. The van der Waals surface area contributed by atoms with Crippen LogP contribution in [0.2, 0.25) is 0 Å².